The molecule has 0 aliphatic rings. The van der Waals surface area contributed by atoms with Crippen LogP contribution in [0.5, 0.6) is 10.9 Å². The number of rotatable bonds is 3. The molecule has 2 aromatic rings. The molecule has 0 aliphatic heterocycles. The quantitative estimate of drug-likeness (QED) is 0.772. The zero-order valence-electron chi connectivity index (χ0n) is 11.5. The predicted molar refractivity (Wildman–Crippen MR) is 79.4 cm³/mol. The third kappa shape index (κ3) is 3.45. The molecule has 0 aliphatic carbocycles. The van der Waals surface area contributed by atoms with Gasteiger partial charge >= 0.3 is 0 Å². The van der Waals surface area contributed by atoms with Crippen molar-refractivity contribution in [3.8, 4) is 10.9 Å². The highest BCUT2D eigenvalue weighted by atomic mass is 35.5. The molecule has 0 unspecified atom stereocenters. The van der Waals surface area contributed by atoms with Crippen LogP contribution in [0.25, 0.3) is 0 Å². The number of benzene rings is 1. The molecule has 0 saturated carbocycles. The van der Waals surface area contributed by atoms with E-state index in [9.17, 15) is 0 Å². The number of hydrogen-bond donors (Lipinski definition) is 0. The van der Waals surface area contributed by atoms with Gasteiger partial charge in [0.2, 0.25) is 0 Å². The van der Waals surface area contributed by atoms with Crippen molar-refractivity contribution in [1.29, 1.82) is 0 Å². The van der Waals surface area contributed by atoms with E-state index in [4.69, 9.17) is 16.3 Å². The van der Waals surface area contributed by atoms with Gasteiger partial charge in [-0.15, -0.1) is 16.7 Å². The van der Waals surface area contributed by atoms with Gasteiger partial charge in [0, 0.05) is 5.56 Å². The van der Waals surface area contributed by atoms with E-state index >= 15 is 0 Å². The lowest BCUT2D eigenvalue weighted by molar-refractivity contribution is 0.448. The lowest BCUT2D eigenvalue weighted by Gasteiger charge is -2.22. The molecule has 1 heterocycles. The molecule has 3 nitrogen and oxygen atoms in total. The first-order chi connectivity index (χ1) is 8.90. The van der Waals surface area contributed by atoms with Crippen molar-refractivity contribution in [2.24, 2.45) is 0 Å². The standard InChI is InChI=1S/C14H17ClN2OS/c1-9-5-6-11(10(7-9)14(2,3)4)18-13-17-16-12(8-15)19-13/h5-7H,8H2,1-4H3. The van der Waals surface area contributed by atoms with Gasteiger partial charge in [0.25, 0.3) is 5.19 Å². The maximum atomic E-state index is 5.86. The molecule has 5 heteroatoms. The van der Waals surface area contributed by atoms with E-state index in [1.807, 2.05) is 12.1 Å². The second-order valence-electron chi connectivity index (χ2n) is 5.45. The van der Waals surface area contributed by atoms with E-state index < -0.39 is 0 Å². The highest BCUT2D eigenvalue weighted by Crippen LogP contribution is 2.35. The summed E-state index contributed by atoms with van der Waals surface area (Å²) in [5.74, 6) is 1.19. The molecule has 1 aromatic heterocycles. The largest absolute Gasteiger partial charge is 0.429 e. The third-order valence-electron chi connectivity index (χ3n) is 2.70. The summed E-state index contributed by atoms with van der Waals surface area (Å²) in [5.41, 5.74) is 2.40. The fourth-order valence-corrected chi connectivity index (χ4v) is 2.51. The zero-order valence-corrected chi connectivity index (χ0v) is 13.1. The number of nitrogens with zero attached hydrogens (tertiary/aromatic N) is 2. The van der Waals surface area contributed by atoms with Gasteiger partial charge in [-0.2, -0.15) is 0 Å². The van der Waals surface area contributed by atoms with Crippen LogP contribution >= 0.6 is 22.9 Å². The number of alkyl halides is 1. The van der Waals surface area contributed by atoms with Crippen LogP contribution < -0.4 is 4.74 Å². The normalized spacial score (nSPS) is 11.6. The Balaban J connectivity index is 2.34. The van der Waals surface area contributed by atoms with E-state index in [0.717, 1.165) is 16.3 Å². The molecule has 0 atom stereocenters. The topological polar surface area (TPSA) is 35.0 Å². The first kappa shape index (κ1) is 14.3. The smallest absolute Gasteiger partial charge is 0.299 e. The molecule has 0 N–H and O–H groups in total. The molecule has 19 heavy (non-hydrogen) atoms. The van der Waals surface area contributed by atoms with Crippen molar-refractivity contribution in [2.45, 2.75) is 39.0 Å². The van der Waals surface area contributed by atoms with Crippen LogP contribution in [-0.2, 0) is 11.3 Å². The van der Waals surface area contributed by atoms with Gasteiger partial charge in [-0.05, 0) is 18.4 Å². The first-order valence-corrected chi connectivity index (χ1v) is 7.42. The molecule has 2 rings (SSSR count). The molecule has 0 spiro atoms. The molecule has 0 saturated heterocycles. The Morgan fingerprint density at radius 3 is 2.58 bits per heavy atom. The number of halogens is 1. The molecular formula is C14H17ClN2OS. The predicted octanol–water partition coefficient (Wildman–Crippen LogP) is 4.68. The Kier molecular flexibility index (Phi) is 4.11. The van der Waals surface area contributed by atoms with Crippen molar-refractivity contribution in [3.05, 3.63) is 34.3 Å². The maximum Gasteiger partial charge on any atom is 0.299 e. The Hall–Kier alpha value is -1.13. The van der Waals surface area contributed by atoms with Gasteiger partial charge in [-0.3, -0.25) is 0 Å². The summed E-state index contributed by atoms with van der Waals surface area (Å²) >= 11 is 7.10. The summed E-state index contributed by atoms with van der Waals surface area (Å²) in [7, 11) is 0. The molecular weight excluding hydrogens is 280 g/mol. The minimum Gasteiger partial charge on any atom is -0.429 e. The van der Waals surface area contributed by atoms with Gasteiger partial charge < -0.3 is 4.74 Å². The molecule has 1 aromatic carbocycles. The second-order valence-corrected chi connectivity index (χ2v) is 6.74. The van der Waals surface area contributed by atoms with Gasteiger partial charge in [0.05, 0.1) is 5.88 Å². The zero-order chi connectivity index (χ0) is 14.0. The van der Waals surface area contributed by atoms with E-state index in [2.05, 4.69) is 44.0 Å². The van der Waals surface area contributed by atoms with Crippen LogP contribution in [0.3, 0.4) is 0 Å². The lowest BCUT2D eigenvalue weighted by Crippen LogP contribution is -2.12. The number of ether oxygens (including phenoxy) is 1. The maximum absolute atomic E-state index is 5.86. The average molecular weight is 297 g/mol. The molecule has 102 valence electrons. The summed E-state index contributed by atoms with van der Waals surface area (Å²) in [6.45, 7) is 8.58. The molecule has 0 amide bonds. The fraction of sp³-hybridized carbons (Fsp3) is 0.429. The number of aromatic nitrogens is 2. The van der Waals surface area contributed by atoms with Gasteiger partial charge in [0.15, 0.2) is 0 Å². The van der Waals surface area contributed by atoms with E-state index in [1.54, 1.807) is 0 Å². The summed E-state index contributed by atoms with van der Waals surface area (Å²) in [6.07, 6.45) is 0. The molecule has 0 radical (unpaired) electrons. The minimum atomic E-state index is 0.0152. The van der Waals surface area contributed by atoms with Crippen molar-refractivity contribution >= 4 is 22.9 Å². The highest BCUT2D eigenvalue weighted by Gasteiger charge is 2.20. The summed E-state index contributed by atoms with van der Waals surface area (Å²) in [5, 5.41) is 9.24. The molecule has 0 bridgehead atoms. The summed E-state index contributed by atoms with van der Waals surface area (Å²) in [6, 6.07) is 6.17. The highest BCUT2D eigenvalue weighted by molar-refractivity contribution is 7.13. The second kappa shape index (κ2) is 5.47. The van der Waals surface area contributed by atoms with Crippen molar-refractivity contribution < 1.29 is 4.74 Å². The first-order valence-electron chi connectivity index (χ1n) is 6.07. The van der Waals surface area contributed by atoms with Crippen molar-refractivity contribution in [3.63, 3.8) is 0 Å². The van der Waals surface area contributed by atoms with E-state index in [-0.39, 0.29) is 5.41 Å². The van der Waals surface area contributed by atoms with E-state index in [1.165, 1.54) is 16.9 Å². The average Bonchev–Trinajstić information content (AvgIpc) is 2.78. The van der Waals surface area contributed by atoms with Crippen LogP contribution in [0, 0.1) is 6.92 Å². The van der Waals surface area contributed by atoms with Crippen LogP contribution in [-0.4, -0.2) is 10.2 Å². The summed E-state index contributed by atoms with van der Waals surface area (Å²) in [4.78, 5) is 0. The van der Waals surface area contributed by atoms with E-state index in [0.29, 0.717) is 11.1 Å². The van der Waals surface area contributed by atoms with Crippen LogP contribution in [0.4, 0.5) is 0 Å². The minimum absolute atomic E-state index is 0.0152. The Bertz CT molecular complexity index is 575. The Morgan fingerprint density at radius 1 is 1.26 bits per heavy atom. The Labute approximate surface area is 122 Å². The van der Waals surface area contributed by atoms with Gasteiger partial charge in [0.1, 0.15) is 10.8 Å². The Morgan fingerprint density at radius 2 is 2.00 bits per heavy atom. The van der Waals surface area contributed by atoms with Gasteiger partial charge in [-0.25, -0.2) is 0 Å². The number of aryl methyl sites for hydroxylation is 1. The van der Waals surface area contributed by atoms with Crippen LogP contribution in [0.2, 0.25) is 0 Å². The SMILES string of the molecule is Cc1ccc(Oc2nnc(CCl)s2)c(C(C)(C)C)c1. The van der Waals surface area contributed by atoms with Crippen molar-refractivity contribution in [1.82, 2.24) is 10.2 Å². The molecule has 0 fully saturated rings. The van der Waals surface area contributed by atoms with Crippen LogP contribution in [0.15, 0.2) is 18.2 Å². The monoisotopic (exact) mass is 296 g/mol. The number of hydrogen-bond acceptors (Lipinski definition) is 4. The third-order valence-corrected chi connectivity index (χ3v) is 3.92. The fourth-order valence-electron chi connectivity index (χ4n) is 1.75. The van der Waals surface area contributed by atoms with Crippen molar-refractivity contribution in [2.75, 3.05) is 0 Å². The lowest BCUT2D eigenvalue weighted by atomic mass is 9.85. The van der Waals surface area contributed by atoms with Crippen LogP contribution in [0.1, 0.15) is 36.9 Å². The van der Waals surface area contributed by atoms with Gasteiger partial charge in [-0.1, -0.05) is 54.9 Å². The summed E-state index contributed by atoms with van der Waals surface area (Å²) < 4.78 is 5.86.